The molecule has 7 heteroatoms. The molecule has 1 saturated carbocycles. The number of aromatic nitrogens is 5. The van der Waals surface area contributed by atoms with Crippen molar-refractivity contribution >= 4 is 11.5 Å². The van der Waals surface area contributed by atoms with E-state index in [1.54, 1.807) is 0 Å². The van der Waals surface area contributed by atoms with Crippen LogP contribution in [0, 0.1) is 0 Å². The van der Waals surface area contributed by atoms with E-state index in [4.69, 9.17) is 0 Å². The van der Waals surface area contributed by atoms with Gasteiger partial charge in [-0.2, -0.15) is 0 Å². The molecule has 20 heavy (non-hydrogen) atoms. The van der Waals surface area contributed by atoms with E-state index in [-0.39, 0.29) is 0 Å². The van der Waals surface area contributed by atoms with Crippen molar-refractivity contribution in [1.29, 1.82) is 0 Å². The van der Waals surface area contributed by atoms with Gasteiger partial charge in [0.25, 0.3) is 0 Å². The molecule has 0 aromatic carbocycles. The van der Waals surface area contributed by atoms with Crippen LogP contribution in [0.15, 0.2) is 12.1 Å². The average molecular weight is 273 g/mol. The third-order valence-corrected chi connectivity index (χ3v) is 4.53. The van der Waals surface area contributed by atoms with E-state index < -0.39 is 0 Å². The van der Waals surface area contributed by atoms with Crippen molar-refractivity contribution in [2.45, 2.75) is 31.7 Å². The lowest BCUT2D eigenvalue weighted by molar-refractivity contribution is 0.187. The van der Waals surface area contributed by atoms with E-state index in [1.807, 2.05) is 12.1 Å². The summed E-state index contributed by atoms with van der Waals surface area (Å²) in [7, 11) is 0. The number of anilines is 1. The number of piperazine rings is 1. The van der Waals surface area contributed by atoms with Gasteiger partial charge in [-0.3, -0.25) is 4.90 Å². The topological polar surface area (TPSA) is 62.5 Å². The Kier molecular flexibility index (Phi) is 2.99. The Bertz CT molecular complexity index is 581. The zero-order valence-electron chi connectivity index (χ0n) is 11.5. The summed E-state index contributed by atoms with van der Waals surface area (Å²) < 4.78 is 1.50. The molecule has 0 bridgehead atoms. The first kappa shape index (κ1) is 12.0. The maximum Gasteiger partial charge on any atom is 0.200 e. The van der Waals surface area contributed by atoms with Gasteiger partial charge >= 0.3 is 0 Å². The van der Waals surface area contributed by atoms with Crippen LogP contribution in [0.5, 0.6) is 0 Å². The molecule has 106 valence electrons. The number of hydrogen-bond donors (Lipinski definition) is 0. The predicted molar refractivity (Wildman–Crippen MR) is 74.6 cm³/mol. The highest BCUT2D eigenvalue weighted by Crippen LogP contribution is 2.25. The Balaban J connectivity index is 1.45. The summed E-state index contributed by atoms with van der Waals surface area (Å²) in [5.74, 6) is 0.968. The highest BCUT2D eigenvalue weighted by atomic mass is 15.6. The van der Waals surface area contributed by atoms with E-state index in [0.717, 1.165) is 38.0 Å². The molecule has 0 radical (unpaired) electrons. The number of tetrazole rings is 1. The molecule has 4 rings (SSSR count). The van der Waals surface area contributed by atoms with E-state index in [2.05, 4.69) is 30.4 Å². The van der Waals surface area contributed by atoms with Crippen LogP contribution in [0.4, 0.5) is 5.82 Å². The van der Waals surface area contributed by atoms with Gasteiger partial charge in [-0.05, 0) is 35.4 Å². The predicted octanol–water partition coefficient (Wildman–Crippen LogP) is 0.584. The van der Waals surface area contributed by atoms with Crippen LogP contribution in [0.3, 0.4) is 0 Å². The van der Waals surface area contributed by atoms with Crippen LogP contribution < -0.4 is 4.90 Å². The van der Waals surface area contributed by atoms with E-state index in [1.165, 1.54) is 30.3 Å². The fourth-order valence-electron chi connectivity index (χ4n) is 3.39. The Morgan fingerprint density at radius 3 is 2.60 bits per heavy atom. The molecule has 2 aromatic rings. The first-order valence-electron chi connectivity index (χ1n) is 7.44. The standard InChI is InChI=1S/C13H19N7/c1-2-4-11(3-1)18-7-9-19(10-8-18)13-6-5-12-14-16-17-20(12)15-13/h5-6,11H,1-4,7-10H2. The van der Waals surface area contributed by atoms with Crippen molar-refractivity contribution in [3.8, 4) is 0 Å². The fraction of sp³-hybridized carbons (Fsp3) is 0.692. The summed E-state index contributed by atoms with van der Waals surface area (Å²) >= 11 is 0. The summed E-state index contributed by atoms with van der Waals surface area (Å²) in [5, 5.41) is 15.8. The average Bonchev–Trinajstić information content (AvgIpc) is 3.18. The van der Waals surface area contributed by atoms with Crippen LogP contribution in [-0.4, -0.2) is 62.4 Å². The Morgan fingerprint density at radius 1 is 1.00 bits per heavy atom. The van der Waals surface area contributed by atoms with Gasteiger partial charge in [0, 0.05) is 32.2 Å². The highest BCUT2D eigenvalue weighted by molar-refractivity contribution is 5.44. The minimum Gasteiger partial charge on any atom is -0.353 e. The molecule has 2 aromatic heterocycles. The molecule has 7 nitrogen and oxygen atoms in total. The second-order valence-corrected chi connectivity index (χ2v) is 5.68. The summed E-state index contributed by atoms with van der Waals surface area (Å²) in [6.07, 6.45) is 5.58. The monoisotopic (exact) mass is 273 g/mol. The SMILES string of the molecule is c1cc2nnnn2nc1N1CCN(C2CCCC2)CC1. The summed E-state index contributed by atoms with van der Waals surface area (Å²) in [5.41, 5.74) is 0.693. The Labute approximate surface area is 117 Å². The lowest BCUT2D eigenvalue weighted by atomic mass is 10.2. The molecular formula is C13H19N7. The minimum atomic E-state index is 0.693. The van der Waals surface area contributed by atoms with Crippen molar-refractivity contribution in [3.05, 3.63) is 12.1 Å². The molecule has 0 N–H and O–H groups in total. The highest BCUT2D eigenvalue weighted by Gasteiger charge is 2.26. The third kappa shape index (κ3) is 2.11. The Hall–Kier alpha value is -1.76. The third-order valence-electron chi connectivity index (χ3n) is 4.53. The van der Waals surface area contributed by atoms with Gasteiger partial charge in [-0.15, -0.1) is 14.8 Å². The number of nitrogens with zero attached hydrogens (tertiary/aromatic N) is 7. The zero-order chi connectivity index (χ0) is 13.4. The molecule has 0 unspecified atom stereocenters. The maximum atomic E-state index is 4.47. The first-order chi connectivity index (χ1) is 9.90. The van der Waals surface area contributed by atoms with Gasteiger partial charge < -0.3 is 4.90 Å². The smallest absolute Gasteiger partial charge is 0.200 e. The van der Waals surface area contributed by atoms with Crippen LogP contribution in [0.2, 0.25) is 0 Å². The van der Waals surface area contributed by atoms with Crippen LogP contribution >= 0.6 is 0 Å². The molecule has 2 aliphatic rings. The minimum absolute atomic E-state index is 0.693. The van der Waals surface area contributed by atoms with E-state index >= 15 is 0 Å². The Morgan fingerprint density at radius 2 is 1.80 bits per heavy atom. The van der Waals surface area contributed by atoms with Crippen molar-refractivity contribution in [2.75, 3.05) is 31.1 Å². The van der Waals surface area contributed by atoms with Gasteiger partial charge in [0.2, 0.25) is 0 Å². The van der Waals surface area contributed by atoms with Crippen molar-refractivity contribution in [3.63, 3.8) is 0 Å². The number of fused-ring (bicyclic) bond motifs is 1. The van der Waals surface area contributed by atoms with Gasteiger partial charge in [-0.1, -0.05) is 12.8 Å². The maximum absolute atomic E-state index is 4.47. The summed E-state index contributed by atoms with van der Waals surface area (Å²) in [4.78, 5) is 4.98. The molecule has 3 heterocycles. The van der Waals surface area contributed by atoms with Gasteiger partial charge in [0.05, 0.1) is 0 Å². The lowest BCUT2D eigenvalue weighted by Crippen LogP contribution is -2.50. The molecule has 0 amide bonds. The normalized spacial score (nSPS) is 21.9. The van der Waals surface area contributed by atoms with E-state index in [0.29, 0.717) is 5.65 Å². The fourth-order valence-corrected chi connectivity index (χ4v) is 3.39. The molecular weight excluding hydrogens is 254 g/mol. The zero-order valence-corrected chi connectivity index (χ0v) is 11.5. The molecule has 0 atom stereocenters. The van der Waals surface area contributed by atoms with Crippen LogP contribution in [0.25, 0.3) is 5.65 Å². The van der Waals surface area contributed by atoms with E-state index in [9.17, 15) is 0 Å². The van der Waals surface area contributed by atoms with Gasteiger partial charge in [0.15, 0.2) is 11.5 Å². The number of rotatable bonds is 2. The molecule has 1 aliphatic heterocycles. The first-order valence-corrected chi connectivity index (χ1v) is 7.44. The molecule has 1 saturated heterocycles. The molecule has 2 fully saturated rings. The number of hydrogen-bond acceptors (Lipinski definition) is 6. The van der Waals surface area contributed by atoms with Crippen molar-refractivity contribution < 1.29 is 0 Å². The second-order valence-electron chi connectivity index (χ2n) is 5.68. The quantitative estimate of drug-likeness (QED) is 0.798. The van der Waals surface area contributed by atoms with Gasteiger partial charge in [-0.25, -0.2) is 0 Å². The largest absolute Gasteiger partial charge is 0.353 e. The summed E-state index contributed by atoms with van der Waals surface area (Å²) in [6.45, 7) is 4.36. The van der Waals surface area contributed by atoms with Gasteiger partial charge in [0.1, 0.15) is 0 Å². The van der Waals surface area contributed by atoms with Crippen molar-refractivity contribution in [1.82, 2.24) is 30.2 Å². The second kappa shape index (κ2) is 4.97. The molecule has 1 aliphatic carbocycles. The molecule has 0 spiro atoms. The van der Waals surface area contributed by atoms with Crippen molar-refractivity contribution in [2.24, 2.45) is 0 Å². The summed E-state index contributed by atoms with van der Waals surface area (Å²) in [6, 6.07) is 4.76. The van der Waals surface area contributed by atoms with Crippen LogP contribution in [0.1, 0.15) is 25.7 Å². The van der Waals surface area contributed by atoms with Crippen LogP contribution in [-0.2, 0) is 0 Å². The lowest BCUT2D eigenvalue weighted by Gasteiger charge is -2.38.